The van der Waals surface area contributed by atoms with E-state index in [9.17, 15) is 14.7 Å². The SMILES string of the molecule is CCOc1ccc(-n2c(O)c([C@H]3OC(=O)c4ccccc43)c(=O)[nH]c2=S)cc1. The minimum Gasteiger partial charge on any atom is -0.494 e. The lowest BCUT2D eigenvalue weighted by Gasteiger charge is -2.17. The highest BCUT2D eigenvalue weighted by Crippen LogP contribution is 2.38. The van der Waals surface area contributed by atoms with Crippen LogP contribution in [0.5, 0.6) is 11.6 Å². The standard InChI is InChI=1S/C20H16N2O5S/c1-2-26-12-9-7-11(8-10-12)22-18(24)15(17(23)21-20(22)28)16-13-5-3-4-6-14(13)19(25)27-16/h3-10,16,24H,2H2,1H3,(H,21,23,28)/t16-/m0/s1. The van der Waals surface area contributed by atoms with E-state index in [2.05, 4.69) is 4.98 Å². The number of aromatic amines is 1. The predicted molar refractivity (Wildman–Crippen MR) is 104 cm³/mol. The number of rotatable bonds is 4. The van der Waals surface area contributed by atoms with Gasteiger partial charge in [-0.15, -0.1) is 0 Å². The molecule has 0 saturated carbocycles. The molecule has 2 heterocycles. The molecule has 1 aromatic heterocycles. The van der Waals surface area contributed by atoms with E-state index in [1.807, 2.05) is 6.92 Å². The average Bonchev–Trinajstić information content (AvgIpc) is 3.00. The summed E-state index contributed by atoms with van der Waals surface area (Å²) < 4.78 is 12.1. The molecule has 1 aliphatic rings. The minimum atomic E-state index is -1.02. The molecular weight excluding hydrogens is 380 g/mol. The van der Waals surface area contributed by atoms with Crippen molar-refractivity contribution in [2.45, 2.75) is 13.0 Å². The molecule has 4 rings (SSSR count). The zero-order chi connectivity index (χ0) is 19.8. The van der Waals surface area contributed by atoms with Crippen LogP contribution in [0, 0.1) is 4.77 Å². The smallest absolute Gasteiger partial charge is 0.339 e. The molecule has 0 fully saturated rings. The van der Waals surface area contributed by atoms with Crippen molar-refractivity contribution in [2.24, 2.45) is 0 Å². The molecule has 0 unspecified atom stereocenters. The van der Waals surface area contributed by atoms with Gasteiger partial charge in [-0.1, -0.05) is 18.2 Å². The predicted octanol–water partition coefficient (Wildman–Crippen LogP) is 3.26. The van der Waals surface area contributed by atoms with Gasteiger partial charge in [-0.05, 0) is 49.5 Å². The van der Waals surface area contributed by atoms with E-state index in [1.165, 1.54) is 4.57 Å². The van der Waals surface area contributed by atoms with Crippen molar-refractivity contribution >= 4 is 18.2 Å². The number of H-pyrrole nitrogens is 1. The average molecular weight is 396 g/mol. The molecule has 142 valence electrons. The second kappa shape index (κ2) is 6.97. The number of nitrogens with one attached hydrogen (secondary N) is 1. The second-order valence-electron chi connectivity index (χ2n) is 6.13. The van der Waals surface area contributed by atoms with Crippen LogP contribution in [0.1, 0.15) is 34.5 Å². The fraction of sp³-hybridized carbons (Fsp3) is 0.150. The van der Waals surface area contributed by atoms with Crippen LogP contribution in [0.15, 0.2) is 53.3 Å². The molecule has 1 aliphatic heterocycles. The molecule has 0 aliphatic carbocycles. The molecule has 3 aromatic rings. The van der Waals surface area contributed by atoms with Gasteiger partial charge in [0.15, 0.2) is 10.9 Å². The van der Waals surface area contributed by atoms with Crippen molar-refractivity contribution in [2.75, 3.05) is 6.61 Å². The Bertz CT molecular complexity index is 1180. The Morgan fingerprint density at radius 2 is 1.89 bits per heavy atom. The van der Waals surface area contributed by atoms with Gasteiger partial charge in [-0.2, -0.15) is 0 Å². The summed E-state index contributed by atoms with van der Waals surface area (Å²) in [5.41, 5.74) is 0.714. The number of fused-ring (bicyclic) bond motifs is 1. The molecule has 2 aromatic carbocycles. The number of carbonyl (C=O) groups is 1. The van der Waals surface area contributed by atoms with Gasteiger partial charge in [-0.3, -0.25) is 14.3 Å². The van der Waals surface area contributed by atoms with Crippen LogP contribution in [0.3, 0.4) is 0 Å². The molecule has 0 amide bonds. The molecule has 28 heavy (non-hydrogen) atoms. The van der Waals surface area contributed by atoms with Crippen LogP contribution >= 0.6 is 12.2 Å². The number of cyclic esters (lactones) is 1. The highest BCUT2D eigenvalue weighted by molar-refractivity contribution is 7.71. The molecule has 2 N–H and O–H groups in total. The van der Waals surface area contributed by atoms with Crippen LogP contribution in [0.25, 0.3) is 5.69 Å². The fourth-order valence-corrected chi connectivity index (χ4v) is 3.52. The lowest BCUT2D eigenvalue weighted by atomic mass is 10.0. The van der Waals surface area contributed by atoms with E-state index in [0.717, 1.165) is 0 Å². The second-order valence-corrected chi connectivity index (χ2v) is 6.52. The minimum absolute atomic E-state index is 0.0213. The lowest BCUT2D eigenvalue weighted by molar-refractivity contribution is 0.0449. The number of hydrogen-bond donors (Lipinski definition) is 2. The van der Waals surface area contributed by atoms with Crippen molar-refractivity contribution < 1.29 is 19.4 Å². The third-order valence-corrected chi connectivity index (χ3v) is 4.76. The Balaban J connectivity index is 1.87. The summed E-state index contributed by atoms with van der Waals surface area (Å²) in [5.74, 6) is -0.262. The van der Waals surface area contributed by atoms with Gasteiger partial charge < -0.3 is 14.6 Å². The maximum absolute atomic E-state index is 12.6. The van der Waals surface area contributed by atoms with Crippen molar-refractivity contribution in [1.29, 1.82) is 0 Å². The van der Waals surface area contributed by atoms with Crippen LogP contribution in [-0.4, -0.2) is 27.2 Å². The lowest BCUT2D eigenvalue weighted by Crippen LogP contribution is -2.21. The summed E-state index contributed by atoms with van der Waals surface area (Å²) in [4.78, 5) is 27.3. The third kappa shape index (κ3) is 2.87. The maximum atomic E-state index is 12.6. The highest BCUT2D eigenvalue weighted by Gasteiger charge is 2.36. The van der Waals surface area contributed by atoms with E-state index >= 15 is 0 Å². The highest BCUT2D eigenvalue weighted by atomic mass is 32.1. The first-order chi connectivity index (χ1) is 13.5. The number of nitrogens with zero attached hydrogens (tertiary/aromatic N) is 1. The van der Waals surface area contributed by atoms with Gasteiger partial charge in [0.05, 0.1) is 17.9 Å². The van der Waals surface area contributed by atoms with E-state index in [4.69, 9.17) is 21.7 Å². The Labute approximate surface area is 164 Å². The van der Waals surface area contributed by atoms with E-state index in [0.29, 0.717) is 29.2 Å². The third-order valence-electron chi connectivity index (χ3n) is 4.48. The topological polar surface area (TPSA) is 93.6 Å². The van der Waals surface area contributed by atoms with Crippen molar-refractivity contribution in [3.8, 4) is 17.3 Å². The Kier molecular flexibility index (Phi) is 4.48. The van der Waals surface area contributed by atoms with Crippen molar-refractivity contribution in [1.82, 2.24) is 9.55 Å². The van der Waals surface area contributed by atoms with E-state index < -0.39 is 17.6 Å². The van der Waals surface area contributed by atoms with Gasteiger partial charge in [0.2, 0.25) is 5.88 Å². The Hall–Kier alpha value is -3.39. The first kappa shape index (κ1) is 18.0. The molecular formula is C20H16N2O5S. The molecule has 0 spiro atoms. The van der Waals surface area contributed by atoms with Crippen molar-refractivity contribution in [3.05, 3.63) is 80.3 Å². The fourth-order valence-electron chi connectivity index (χ4n) is 3.23. The molecule has 0 radical (unpaired) electrons. The van der Waals surface area contributed by atoms with Crippen LogP contribution in [0.4, 0.5) is 0 Å². The summed E-state index contributed by atoms with van der Waals surface area (Å²) in [7, 11) is 0. The molecule has 0 bridgehead atoms. The number of aromatic hydroxyl groups is 1. The zero-order valence-electron chi connectivity index (χ0n) is 14.8. The Morgan fingerprint density at radius 3 is 2.61 bits per heavy atom. The summed E-state index contributed by atoms with van der Waals surface area (Å²) in [6.07, 6.45) is -1.02. The molecule has 0 saturated heterocycles. The van der Waals surface area contributed by atoms with E-state index in [-0.39, 0.29) is 16.2 Å². The maximum Gasteiger partial charge on any atom is 0.339 e. The summed E-state index contributed by atoms with van der Waals surface area (Å²) in [6, 6.07) is 13.6. The number of carbonyl (C=O) groups excluding carboxylic acids is 1. The van der Waals surface area contributed by atoms with Gasteiger partial charge in [0.1, 0.15) is 11.3 Å². The van der Waals surface area contributed by atoms with Gasteiger partial charge >= 0.3 is 5.97 Å². The largest absolute Gasteiger partial charge is 0.494 e. The van der Waals surface area contributed by atoms with Gasteiger partial charge in [0, 0.05) is 5.56 Å². The number of hydrogen-bond acceptors (Lipinski definition) is 6. The number of benzene rings is 2. The summed E-state index contributed by atoms with van der Waals surface area (Å²) in [5, 5.41) is 10.9. The van der Waals surface area contributed by atoms with Crippen molar-refractivity contribution in [3.63, 3.8) is 0 Å². The molecule has 1 atom stereocenters. The summed E-state index contributed by atoms with van der Waals surface area (Å²) >= 11 is 5.24. The summed E-state index contributed by atoms with van der Waals surface area (Å²) in [6.45, 7) is 2.41. The Morgan fingerprint density at radius 1 is 1.18 bits per heavy atom. The van der Waals surface area contributed by atoms with Crippen LogP contribution < -0.4 is 10.3 Å². The van der Waals surface area contributed by atoms with E-state index in [1.54, 1.807) is 48.5 Å². The molecule has 7 nitrogen and oxygen atoms in total. The zero-order valence-corrected chi connectivity index (χ0v) is 15.7. The quantitative estimate of drug-likeness (QED) is 0.519. The van der Waals surface area contributed by atoms with Gasteiger partial charge in [-0.25, -0.2) is 4.79 Å². The molecule has 8 heteroatoms. The first-order valence-corrected chi connectivity index (χ1v) is 9.03. The van der Waals surface area contributed by atoms with Crippen LogP contribution in [0.2, 0.25) is 0 Å². The van der Waals surface area contributed by atoms with Crippen LogP contribution in [-0.2, 0) is 4.74 Å². The normalized spacial score (nSPS) is 15.2. The first-order valence-electron chi connectivity index (χ1n) is 8.62. The number of ether oxygens (including phenoxy) is 2. The van der Waals surface area contributed by atoms with Gasteiger partial charge in [0.25, 0.3) is 5.56 Å². The number of esters is 1. The monoisotopic (exact) mass is 396 g/mol. The number of aromatic nitrogens is 2.